The highest BCUT2D eigenvalue weighted by Gasteiger charge is 2.35. The van der Waals surface area contributed by atoms with Crippen molar-refractivity contribution >= 4 is 23.3 Å². The highest BCUT2D eigenvalue weighted by atomic mass is 35.5. The number of amidine groups is 1. The summed E-state index contributed by atoms with van der Waals surface area (Å²) in [6.45, 7) is 2.49. The number of piperidine rings is 1. The van der Waals surface area contributed by atoms with Crippen molar-refractivity contribution in [3.8, 4) is 0 Å². The molecule has 1 amide bonds. The van der Waals surface area contributed by atoms with Crippen molar-refractivity contribution in [2.45, 2.75) is 50.9 Å². The van der Waals surface area contributed by atoms with Crippen LogP contribution in [0.5, 0.6) is 0 Å². The van der Waals surface area contributed by atoms with Crippen LogP contribution in [0, 0.1) is 0 Å². The van der Waals surface area contributed by atoms with Gasteiger partial charge in [0.05, 0.1) is 11.1 Å². The van der Waals surface area contributed by atoms with E-state index < -0.39 is 18.5 Å². The number of nitrogens with zero attached hydrogens (tertiary/aromatic N) is 2. The number of nitrogens with one attached hydrogen (secondary N) is 2. The number of carbonyl (C=O) groups excluding carboxylic acids is 1. The Morgan fingerprint density at radius 2 is 2.28 bits per heavy atom. The van der Waals surface area contributed by atoms with E-state index in [1.165, 1.54) is 4.90 Å². The van der Waals surface area contributed by atoms with Crippen molar-refractivity contribution in [3.05, 3.63) is 23.5 Å². The fourth-order valence-electron chi connectivity index (χ4n) is 2.89. The van der Waals surface area contributed by atoms with Gasteiger partial charge in [0.1, 0.15) is 12.3 Å². The lowest BCUT2D eigenvalue weighted by Crippen LogP contribution is -2.52. The van der Waals surface area contributed by atoms with E-state index in [1.807, 2.05) is 13.0 Å². The van der Waals surface area contributed by atoms with Crippen LogP contribution in [0.15, 0.2) is 28.5 Å². The van der Waals surface area contributed by atoms with Crippen LogP contribution in [0.2, 0.25) is 0 Å². The van der Waals surface area contributed by atoms with Crippen molar-refractivity contribution in [1.29, 1.82) is 0 Å². The maximum Gasteiger partial charge on any atom is 0.397 e. The lowest BCUT2D eigenvalue weighted by atomic mass is 10.0. The first-order valence-electron chi connectivity index (χ1n) is 8.19. The van der Waals surface area contributed by atoms with E-state index in [1.54, 1.807) is 12.4 Å². The fraction of sp³-hybridized carbons (Fsp3) is 0.625. The minimum atomic E-state index is -4.48. The van der Waals surface area contributed by atoms with E-state index in [0.717, 1.165) is 12.3 Å². The SMILES string of the molecule is C/C=C\NC1=NC=C(Cl)C(NC2CCCN(C(=O)CC(F)(F)F)C2)C1. The average molecular weight is 379 g/mol. The quantitative estimate of drug-likeness (QED) is 0.791. The number of alkyl halides is 3. The van der Waals surface area contributed by atoms with Gasteiger partial charge in [-0.15, -0.1) is 0 Å². The molecule has 9 heteroatoms. The van der Waals surface area contributed by atoms with Crippen molar-refractivity contribution in [2.75, 3.05) is 13.1 Å². The van der Waals surface area contributed by atoms with Crippen LogP contribution in [-0.2, 0) is 4.79 Å². The van der Waals surface area contributed by atoms with Gasteiger partial charge in [0, 0.05) is 31.8 Å². The van der Waals surface area contributed by atoms with Gasteiger partial charge in [-0.1, -0.05) is 17.7 Å². The van der Waals surface area contributed by atoms with Crippen molar-refractivity contribution < 1.29 is 18.0 Å². The Labute approximate surface area is 150 Å². The van der Waals surface area contributed by atoms with Gasteiger partial charge in [-0.3, -0.25) is 4.79 Å². The molecular formula is C16H22ClF3N4O. The monoisotopic (exact) mass is 378 g/mol. The maximum absolute atomic E-state index is 12.4. The molecule has 1 saturated heterocycles. The van der Waals surface area contributed by atoms with E-state index in [9.17, 15) is 18.0 Å². The number of hydrogen-bond acceptors (Lipinski definition) is 4. The number of halogens is 4. The van der Waals surface area contributed by atoms with E-state index in [-0.39, 0.29) is 18.6 Å². The van der Waals surface area contributed by atoms with Crippen LogP contribution in [0.3, 0.4) is 0 Å². The molecule has 0 aromatic carbocycles. The molecule has 25 heavy (non-hydrogen) atoms. The highest BCUT2D eigenvalue weighted by molar-refractivity contribution is 6.30. The molecular weight excluding hydrogens is 357 g/mol. The molecule has 2 unspecified atom stereocenters. The molecule has 1 fully saturated rings. The van der Waals surface area contributed by atoms with Crippen LogP contribution in [0.4, 0.5) is 13.2 Å². The molecule has 0 aliphatic carbocycles. The summed E-state index contributed by atoms with van der Waals surface area (Å²) in [6.07, 6.45) is 1.27. The molecule has 0 aromatic heterocycles. The summed E-state index contributed by atoms with van der Waals surface area (Å²) in [5, 5.41) is 6.94. The van der Waals surface area contributed by atoms with E-state index in [4.69, 9.17) is 11.6 Å². The van der Waals surface area contributed by atoms with Crippen molar-refractivity contribution in [3.63, 3.8) is 0 Å². The molecule has 0 bridgehead atoms. The van der Waals surface area contributed by atoms with Gasteiger partial charge >= 0.3 is 6.18 Å². The van der Waals surface area contributed by atoms with Crippen LogP contribution in [-0.4, -0.2) is 48.0 Å². The molecule has 2 heterocycles. The summed E-state index contributed by atoms with van der Waals surface area (Å²) >= 11 is 6.20. The van der Waals surface area contributed by atoms with Gasteiger partial charge in [0.15, 0.2) is 0 Å². The largest absolute Gasteiger partial charge is 0.397 e. The lowest BCUT2D eigenvalue weighted by Gasteiger charge is -2.36. The summed E-state index contributed by atoms with van der Waals surface area (Å²) in [5.41, 5.74) is 0. The van der Waals surface area contributed by atoms with E-state index in [0.29, 0.717) is 24.4 Å². The van der Waals surface area contributed by atoms with Gasteiger partial charge in [-0.2, -0.15) is 13.2 Å². The fourth-order valence-corrected chi connectivity index (χ4v) is 3.08. The number of hydrogen-bond donors (Lipinski definition) is 2. The molecule has 0 radical (unpaired) electrons. The first-order chi connectivity index (χ1) is 11.8. The number of allylic oxidation sites excluding steroid dienone is 1. The molecule has 2 N–H and O–H groups in total. The Hall–Kier alpha value is -1.54. The second kappa shape index (κ2) is 8.71. The molecule has 5 nitrogen and oxygen atoms in total. The second-order valence-electron chi connectivity index (χ2n) is 6.13. The second-order valence-corrected chi connectivity index (χ2v) is 6.56. The molecule has 2 aliphatic rings. The zero-order valence-corrected chi connectivity index (χ0v) is 14.7. The Bertz CT molecular complexity index is 574. The standard InChI is InChI=1S/C16H22ClF3N4O/c1-2-5-21-14-7-13(12(17)9-22-14)23-11-4-3-6-24(10-11)15(25)8-16(18,19)20/h2,5,9,11,13,23H,3-4,6-8,10H2,1H3,(H,21,22)/b5-2-. The van der Waals surface area contributed by atoms with Crippen molar-refractivity contribution in [1.82, 2.24) is 15.5 Å². The zero-order chi connectivity index (χ0) is 18.4. The smallest absolute Gasteiger partial charge is 0.350 e. The van der Waals surface area contributed by atoms with Gasteiger partial charge in [-0.05, 0) is 26.0 Å². The average Bonchev–Trinajstić information content (AvgIpc) is 2.54. The molecule has 0 aromatic rings. The third kappa shape index (κ3) is 6.36. The minimum Gasteiger partial charge on any atom is -0.350 e. The third-order valence-electron chi connectivity index (χ3n) is 4.05. The summed E-state index contributed by atoms with van der Waals surface area (Å²) in [6, 6.07) is -0.270. The van der Waals surface area contributed by atoms with Gasteiger partial charge < -0.3 is 15.5 Å². The maximum atomic E-state index is 12.4. The topological polar surface area (TPSA) is 56.7 Å². The first-order valence-corrected chi connectivity index (χ1v) is 8.57. The summed E-state index contributed by atoms with van der Waals surface area (Å²) in [7, 11) is 0. The van der Waals surface area contributed by atoms with Crippen LogP contribution in [0.1, 0.15) is 32.6 Å². The lowest BCUT2D eigenvalue weighted by molar-refractivity contribution is -0.162. The Morgan fingerprint density at radius 1 is 1.52 bits per heavy atom. The molecule has 140 valence electrons. The third-order valence-corrected chi connectivity index (χ3v) is 4.41. The van der Waals surface area contributed by atoms with Gasteiger partial charge in [-0.25, -0.2) is 4.99 Å². The van der Waals surface area contributed by atoms with Crippen LogP contribution >= 0.6 is 11.6 Å². The molecule has 2 atom stereocenters. The normalized spacial score (nSPS) is 24.9. The van der Waals surface area contributed by atoms with Crippen LogP contribution < -0.4 is 10.6 Å². The molecule has 2 rings (SSSR count). The number of rotatable bonds is 4. The Kier molecular flexibility index (Phi) is 6.89. The first kappa shape index (κ1) is 19.8. The molecule has 0 spiro atoms. The predicted molar refractivity (Wildman–Crippen MR) is 91.1 cm³/mol. The summed E-state index contributed by atoms with van der Waals surface area (Å²) in [5.74, 6) is -0.123. The minimum absolute atomic E-state index is 0.0980. The molecule has 2 aliphatic heterocycles. The number of carbonyl (C=O) groups is 1. The Morgan fingerprint density at radius 3 is 2.96 bits per heavy atom. The molecule has 0 saturated carbocycles. The number of likely N-dealkylation sites (tertiary alicyclic amines) is 1. The highest BCUT2D eigenvalue weighted by Crippen LogP contribution is 2.23. The Balaban J connectivity index is 1.91. The predicted octanol–water partition coefficient (Wildman–Crippen LogP) is 2.89. The number of amides is 1. The van der Waals surface area contributed by atoms with Crippen LogP contribution in [0.25, 0.3) is 0 Å². The van der Waals surface area contributed by atoms with Gasteiger partial charge in [0.2, 0.25) is 5.91 Å². The summed E-state index contributed by atoms with van der Waals surface area (Å²) in [4.78, 5) is 17.3. The summed E-state index contributed by atoms with van der Waals surface area (Å²) < 4.78 is 37.2. The van der Waals surface area contributed by atoms with Crippen molar-refractivity contribution in [2.24, 2.45) is 4.99 Å². The zero-order valence-electron chi connectivity index (χ0n) is 13.9. The van der Waals surface area contributed by atoms with E-state index in [2.05, 4.69) is 15.6 Å². The van der Waals surface area contributed by atoms with E-state index >= 15 is 0 Å². The van der Waals surface area contributed by atoms with Gasteiger partial charge in [0.25, 0.3) is 0 Å². The number of aliphatic imine (C=N–C) groups is 1.